The maximum atomic E-state index is 4.63. The van der Waals surface area contributed by atoms with Crippen molar-refractivity contribution in [2.24, 2.45) is 0 Å². The molecule has 0 spiro atoms. The standard InChI is InChI=1S/C13H9BrN2S.BrH/c14-10-4-1-3-9(7-10)12-8-17-13(16-12)11-5-2-6-15-11;/h1-8,15H;1H. The molecule has 0 fully saturated rings. The molecule has 0 saturated heterocycles. The summed E-state index contributed by atoms with van der Waals surface area (Å²) in [5, 5.41) is 3.10. The van der Waals surface area contributed by atoms with Crippen LogP contribution < -0.4 is 0 Å². The Morgan fingerprint density at radius 1 is 1.17 bits per heavy atom. The van der Waals surface area contributed by atoms with Crippen LogP contribution in [0, 0.1) is 0 Å². The quantitative estimate of drug-likeness (QED) is 0.649. The van der Waals surface area contributed by atoms with Crippen molar-refractivity contribution in [2.45, 2.75) is 0 Å². The van der Waals surface area contributed by atoms with E-state index >= 15 is 0 Å². The third-order valence-electron chi connectivity index (χ3n) is 2.45. The molecule has 1 aromatic carbocycles. The van der Waals surface area contributed by atoms with Crippen LogP contribution >= 0.6 is 44.2 Å². The largest absolute Gasteiger partial charge is 0.359 e. The van der Waals surface area contributed by atoms with E-state index in [1.54, 1.807) is 11.3 Å². The van der Waals surface area contributed by atoms with Gasteiger partial charge < -0.3 is 4.98 Å². The van der Waals surface area contributed by atoms with Crippen molar-refractivity contribution in [1.82, 2.24) is 9.97 Å². The lowest BCUT2D eigenvalue weighted by molar-refractivity contribution is 1.34. The highest BCUT2D eigenvalue weighted by Gasteiger charge is 2.06. The monoisotopic (exact) mass is 384 g/mol. The Labute approximate surface area is 128 Å². The van der Waals surface area contributed by atoms with E-state index in [0.29, 0.717) is 0 Å². The van der Waals surface area contributed by atoms with Crippen LogP contribution in [0.15, 0.2) is 52.4 Å². The van der Waals surface area contributed by atoms with Gasteiger partial charge in [0.15, 0.2) is 0 Å². The van der Waals surface area contributed by atoms with Crippen LogP contribution in [0.3, 0.4) is 0 Å². The number of aromatic amines is 1. The van der Waals surface area contributed by atoms with E-state index in [2.05, 4.69) is 43.4 Å². The van der Waals surface area contributed by atoms with Crippen LogP contribution in [0.2, 0.25) is 0 Å². The molecule has 0 aliphatic rings. The highest BCUT2D eigenvalue weighted by molar-refractivity contribution is 9.10. The molecule has 3 rings (SSSR count). The first-order chi connectivity index (χ1) is 8.33. The molecule has 0 radical (unpaired) electrons. The van der Waals surface area contributed by atoms with Gasteiger partial charge in [-0.1, -0.05) is 28.1 Å². The number of benzene rings is 1. The van der Waals surface area contributed by atoms with E-state index < -0.39 is 0 Å². The molecule has 0 atom stereocenters. The minimum atomic E-state index is 0. The number of nitrogens with zero attached hydrogens (tertiary/aromatic N) is 1. The molecule has 2 nitrogen and oxygen atoms in total. The average Bonchev–Trinajstić information content (AvgIpc) is 3.00. The molecule has 3 aromatic rings. The maximum absolute atomic E-state index is 4.63. The first kappa shape index (κ1) is 13.5. The molecule has 18 heavy (non-hydrogen) atoms. The molecule has 2 heterocycles. The Morgan fingerprint density at radius 2 is 2.06 bits per heavy atom. The first-order valence-corrected chi connectivity index (χ1v) is 6.85. The van der Waals surface area contributed by atoms with Crippen LogP contribution in [-0.2, 0) is 0 Å². The van der Waals surface area contributed by atoms with Gasteiger partial charge in [-0.3, -0.25) is 0 Å². The summed E-state index contributed by atoms with van der Waals surface area (Å²) in [6.45, 7) is 0. The lowest BCUT2D eigenvalue weighted by Crippen LogP contribution is -1.79. The van der Waals surface area contributed by atoms with Gasteiger partial charge in [0.05, 0.1) is 11.4 Å². The summed E-state index contributed by atoms with van der Waals surface area (Å²) in [6.07, 6.45) is 1.91. The van der Waals surface area contributed by atoms with E-state index in [1.807, 2.05) is 30.5 Å². The predicted octanol–water partition coefficient (Wildman–Crippen LogP) is 5.15. The van der Waals surface area contributed by atoms with Crippen LogP contribution in [0.25, 0.3) is 22.0 Å². The normalized spacial score (nSPS) is 10.1. The fraction of sp³-hybridized carbons (Fsp3) is 0. The molecule has 5 heteroatoms. The number of nitrogens with one attached hydrogen (secondary N) is 1. The molecule has 0 bridgehead atoms. The Kier molecular flexibility index (Phi) is 4.37. The molecule has 2 aromatic heterocycles. The van der Waals surface area contributed by atoms with Gasteiger partial charge in [-0.05, 0) is 24.3 Å². The number of thiazole rings is 1. The second-order valence-corrected chi connectivity index (χ2v) is 5.41. The number of aromatic nitrogens is 2. The van der Waals surface area contributed by atoms with Crippen molar-refractivity contribution in [3.63, 3.8) is 0 Å². The summed E-state index contributed by atoms with van der Waals surface area (Å²) < 4.78 is 1.07. The summed E-state index contributed by atoms with van der Waals surface area (Å²) in [4.78, 5) is 7.80. The Bertz CT molecular complexity index is 632. The van der Waals surface area contributed by atoms with E-state index in [4.69, 9.17) is 0 Å². The second kappa shape index (κ2) is 5.82. The maximum Gasteiger partial charge on any atom is 0.140 e. The molecule has 0 aliphatic carbocycles. The Balaban J connectivity index is 0.00000120. The summed E-state index contributed by atoms with van der Waals surface area (Å²) in [5.41, 5.74) is 3.21. The lowest BCUT2D eigenvalue weighted by atomic mass is 10.2. The summed E-state index contributed by atoms with van der Waals surface area (Å²) >= 11 is 5.12. The lowest BCUT2D eigenvalue weighted by Gasteiger charge is -1.96. The first-order valence-electron chi connectivity index (χ1n) is 5.18. The van der Waals surface area contributed by atoms with Gasteiger partial charge in [0, 0.05) is 21.6 Å². The number of hydrogen-bond acceptors (Lipinski definition) is 2. The fourth-order valence-electron chi connectivity index (χ4n) is 1.64. The molecule has 1 N–H and O–H groups in total. The van der Waals surface area contributed by atoms with Gasteiger partial charge >= 0.3 is 0 Å². The van der Waals surface area contributed by atoms with E-state index in [1.165, 1.54) is 0 Å². The van der Waals surface area contributed by atoms with Crippen LogP contribution in [-0.4, -0.2) is 9.97 Å². The Morgan fingerprint density at radius 3 is 2.78 bits per heavy atom. The number of hydrogen-bond donors (Lipinski definition) is 1. The van der Waals surface area contributed by atoms with Gasteiger partial charge in [-0.15, -0.1) is 28.3 Å². The van der Waals surface area contributed by atoms with Crippen LogP contribution in [0.5, 0.6) is 0 Å². The van der Waals surface area contributed by atoms with Gasteiger partial charge in [-0.2, -0.15) is 0 Å². The molecule has 0 amide bonds. The van der Waals surface area contributed by atoms with Gasteiger partial charge in [-0.25, -0.2) is 4.98 Å². The molecule has 92 valence electrons. The Hall–Kier alpha value is -0.910. The molecular formula is C13H10Br2N2S. The van der Waals surface area contributed by atoms with Crippen LogP contribution in [0.4, 0.5) is 0 Å². The summed E-state index contributed by atoms with van der Waals surface area (Å²) in [7, 11) is 0. The zero-order valence-corrected chi connectivity index (χ0v) is 13.4. The topological polar surface area (TPSA) is 28.7 Å². The number of rotatable bonds is 2. The average molecular weight is 386 g/mol. The highest BCUT2D eigenvalue weighted by Crippen LogP contribution is 2.28. The number of halogens is 2. The summed E-state index contributed by atoms with van der Waals surface area (Å²) in [5.74, 6) is 0. The van der Waals surface area contributed by atoms with Gasteiger partial charge in [0.1, 0.15) is 5.01 Å². The SMILES string of the molecule is Br.Brc1cccc(-c2csc(-c3ccc[nH]3)n2)c1. The number of H-pyrrole nitrogens is 1. The van der Waals surface area contributed by atoms with E-state index in [0.717, 1.165) is 26.4 Å². The zero-order chi connectivity index (χ0) is 11.7. The highest BCUT2D eigenvalue weighted by atomic mass is 79.9. The van der Waals surface area contributed by atoms with Crippen molar-refractivity contribution in [1.29, 1.82) is 0 Å². The predicted molar refractivity (Wildman–Crippen MR) is 85.4 cm³/mol. The zero-order valence-electron chi connectivity index (χ0n) is 9.26. The third-order valence-corrected chi connectivity index (χ3v) is 3.82. The van der Waals surface area contributed by atoms with Gasteiger partial charge in [0.2, 0.25) is 0 Å². The molecule has 0 aliphatic heterocycles. The van der Waals surface area contributed by atoms with Gasteiger partial charge in [0.25, 0.3) is 0 Å². The third kappa shape index (κ3) is 2.74. The van der Waals surface area contributed by atoms with E-state index in [-0.39, 0.29) is 17.0 Å². The fourth-order valence-corrected chi connectivity index (χ4v) is 2.86. The van der Waals surface area contributed by atoms with Crippen molar-refractivity contribution >= 4 is 44.2 Å². The second-order valence-electron chi connectivity index (χ2n) is 3.63. The minimum Gasteiger partial charge on any atom is -0.359 e. The smallest absolute Gasteiger partial charge is 0.140 e. The molecular weight excluding hydrogens is 376 g/mol. The minimum absolute atomic E-state index is 0. The van der Waals surface area contributed by atoms with Crippen LogP contribution in [0.1, 0.15) is 0 Å². The van der Waals surface area contributed by atoms with Crippen molar-refractivity contribution in [3.05, 3.63) is 52.4 Å². The summed E-state index contributed by atoms with van der Waals surface area (Å²) in [6, 6.07) is 12.2. The van der Waals surface area contributed by atoms with E-state index in [9.17, 15) is 0 Å². The van der Waals surface area contributed by atoms with Crippen molar-refractivity contribution in [2.75, 3.05) is 0 Å². The molecule has 0 unspecified atom stereocenters. The van der Waals surface area contributed by atoms with Crippen molar-refractivity contribution < 1.29 is 0 Å². The van der Waals surface area contributed by atoms with Crippen molar-refractivity contribution in [3.8, 4) is 22.0 Å². The molecule has 0 saturated carbocycles.